The van der Waals surface area contributed by atoms with Gasteiger partial charge in [0.25, 0.3) is 0 Å². The number of fused-ring (bicyclic) bond motifs is 1. The molecule has 0 aliphatic carbocycles. The molecule has 2 heterocycles. The summed E-state index contributed by atoms with van der Waals surface area (Å²) in [6.45, 7) is 0. The standard InChI is InChI=1S/C21H13F6N5O2/c22-20(23,24)13-4-2-12(3-5-13)16-17(30-18-28-10-1-11-32(16)18)31-19(33)29-14-6-8-15(9-7-14)34-21(25,26)27/h1-11H,(H2,29,31,33). The Hall–Kier alpha value is -4.29. The van der Waals surface area contributed by atoms with E-state index in [-0.39, 0.29) is 23.0 Å². The molecule has 0 radical (unpaired) electrons. The van der Waals surface area contributed by atoms with Crippen molar-refractivity contribution in [2.45, 2.75) is 12.5 Å². The van der Waals surface area contributed by atoms with Crippen molar-refractivity contribution in [3.8, 4) is 17.0 Å². The van der Waals surface area contributed by atoms with E-state index in [1.165, 1.54) is 34.9 Å². The number of alkyl halides is 6. The Bertz CT molecular complexity index is 1310. The number of halogens is 6. The average Bonchev–Trinajstić information content (AvgIpc) is 3.11. The normalized spacial score (nSPS) is 11.9. The van der Waals surface area contributed by atoms with Crippen molar-refractivity contribution in [3.05, 3.63) is 72.6 Å². The molecule has 2 aromatic heterocycles. The number of anilines is 2. The van der Waals surface area contributed by atoms with Crippen molar-refractivity contribution in [2.75, 3.05) is 10.6 Å². The minimum atomic E-state index is -4.85. The predicted octanol–water partition coefficient (Wildman–Crippen LogP) is 5.96. The average molecular weight is 481 g/mol. The van der Waals surface area contributed by atoms with E-state index in [0.717, 1.165) is 24.3 Å². The van der Waals surface area contributed by atoms with Crippen LogP contribution in [-0.4, -0.2) is 26.8 Å². The molecule has 34 heavy (non-hydrogen) atoms. The Kier molecular flexibility index (Phi) is 5.77. The number of nitrogens with zero attached hydrogens (tertiary/aromatic N) is 3. The molecule has 0 spiro atoms. The summed E-state index contributed by atoms with van der Waals surface area (Å²) in [5.74, 6) is -0.274. The van der Waals surface area contributed by atoms with E-state index >= 15 is 0 Å². The van der Waals surface area contributed by atoms with Crippen LogP contribution in [0.2, 0.25) is 0 Å². The van der Waals surface area contributed by atoms with Crippen molar-refractivity contribution in [3.63, 3.8) is 0 Å². The van der Waals surface area contributed by atoms with Gasteiger partial charge in [-0.05, 0) is 42.5 Å². The first-order valence-electron chi connectivity index (χ1n) is 9.44. The molecule has 0 bridgehead atoms. The first-order chi connectivity index (χ1) is 16.0. The smallest absolute Gasteiger partial charge is 0.406 e. The summed E-state index contributed by atoms with van der Waals surface area (Å²) in [6, 6.07) is 9.50. The second kappa shape index (κ2) is 8.57. The lowest BCUT2D eigenvalue weighted by molar-refractivity contribution is -0.274. The molecule has 0 saturated heterocycles. The second-order valence-corrected chi connectivity index (χ2v) is 6.83. The highest BCUT2D eigenvalue weighted by Gasteiger charge is 2.31. The third-order valence-corrected chi connectivity index (χ3v) is 4.47. The molecule has 0 unspecified atom stereocenters. The number of aromatic nitrogens is 3. The molecule has 0 atom stereocenters. The van der Waals surface area contributed by atoms with E-state index in [1.807, 2.05) is 0 Å². The zero-order chi connectivity index (χ0) is 24.5. The zero-order valence-electron chi connectivity index (χ0n) is 16.8. The van der Waals surface area contributed by atoms with Crippen LogP contribution < -0.4 is 15.4 Å². The summed E-state index contributed by atoms with van der Waals surface area (Å²) >= 11 is 0. The summed E-state index contributed by atoms with van der Waals surface area (Å²) in [4.78, 5) is 20.8. The number of ether oxygens (including phenoxy) is 1. The lowest BCUT2D eigenvalue weighted by Crippen LogP contribution is -2.20. The summed E-state index contributed by atoms with van der Waals surface area (Å²) in [7, 11) is 0. The van der Waals surface area contributed by atoms with Crippen LogP contribution in [0.25, 0.3) is 17.0 Å². The Morgan fingerprint density at radius 2 is 1.59 bits per heavy atom. The van der Waals surface area contributed by atoms with Crippen LogP contribution in [0.4, 0.5) is 42.6 Å². The van der Waals surface area contributed by atoms with Crippen molar-refractivity contribution >= 4 is 23.3 Å². The Morgan fingerprint density at radius 3 is 2.21 bits per heavy atom. The van der Waals surface area contributed by atoms with Crippen molar-refractivity contribution in [2.24, 2.45) is 0 Å². The maximum atomic E-state index is 12.9. The van der Waals surface area contributed by atoms with Gasteiger partial charge in [-0.15, -0.1) is 13.2 Å². The number of amides is 2. The predicted molar refractivity (Wildman–Crippen MR) is 109 cm³/mol. The van der Waals surface area contributed by atoms with E-state index in [9.17, 15) is 31.1 Å². The number of carbonyl (C=O) groups is 1. The highest BCUT2D eigenvalue weighted by atomic mass is 19.4. The molecule has 2 amide bonds. The number of rotatable bonds is 4. The summed E-state index contributed by atoms with van der Waals surface area (Å²) in [6.07, 6.45) is -6.34. The molecular formula is C21H13F6N5O2. The van der Waals surface area contributed by atoms with E-state index < -0.39 is 29.9 Å². The van der Waals surface area contributed by atoms with Crippen LogP contribution in [0, 0.1) is 0 Å². The van der Waals surface area contributed by atoms with Crippen LogP contribution in [0.15, 0.2) is 67.0 Å². The molecule has 2 N–H and O–H groups in total. The van der Waals surface area contributed by atoms with E-state index in [4.69, 9.17) is 0 Å². The lowest BCUT2D eigenvalue weighted by atomic mass is 10.1. The minimum absolute atomic E-state index is 0.00739. The third-order valence-electron chi connectivity index (χ3n) is 4.47. The third kappa shape index (κ3) is 5.19. The molecule has 0 fully saturated rings. The highest BCUT2D eigenvalue weighted by Crippen LogP contribution is 2.33. The number of carbonyl (C=O) groups excluding carboxylic acids is 1. The van der Waals surface area contributed by atoms with E-state index in [2.05, 4.69) is 25.3 Å². The molecule has 2 aromatic carbocycles. The lowest BCUT2D eigenvalue weighted by Gasteiger charge is -2.11. The molecule has 0 aliphatic heterocycles. The van der Waals surface area contributed by atoms with Gasteiger partial charge in [0.1, 0.15) is 5.75 Å². The van der Waals surface area contributed by atoms with Crippen molar-refractivity contribution < 1.29 is 35.9 Å². The van der Waals surface area contributed by atoms with Gasteiger partial charge in [-0.1, -0.05) is 12.1 Å². The second-order valence-electron chi connectivity index (χ2n) is 6.83. The first kappa shape index (κ1) is 22.9. The van der Waals surface area contributed by atoms with Gasteiger partial charge >= 0.3 is 18.6 Å². The molecule has 0 saturated carbocycles. The van der Waals surface area contributed by atoms with Gasteiger partial charge in [0.05, 0.1) is 11.3 Å². The number of nitrogens with one attached hydrogen (secondary N) is 2. The fraction of sp³-hybridized carbons (Fsp3) is 0.0952. The van der Waals surface area contributed by atoms with Gasteiger partial charge in [0.15, 0.2) is 5.82 Å². The molecule has 13 heteroatoms. The van der Waals surface area contributed by atoms with Gasteiger partial charge in [-0.3, -0.25) is 9.72 Å². The van der Waals surface area contributed by atoms with Gasteiger partial charge in [0.2, 0.25) is 5.78 Å². The first-order valence-corrected chi connectivity index (χ1v) is 9.44. The number of benzene rings is 2. The summed E-state index contributed by atoms with van der Waals surface area (Å²) in [5.41, 5.74) is -0.0725. The topological polar surface area (TPSA) is 80.5 Å². The molecular weight excluding hydrogens is 468 g/mol. The van der Waals surface area contributed by atoms with Crippen LogP contribution in [0.3, 0.4) is 0 Å². The summed E-state index contributed by atoms with van der Waals surface area (Å²) in [5, 5.41) is 4.92. The van der Waals surface area contributed by atoms with Gasteiger partial charge in [0, 0.05) is 23.6 Å². The maximum absolute atomic E-state index is 12.9. The maximum Gasteiger partial charge on any atom is 0.573 e. The molecule has 176 valence electrons. The minimum Gasteiger partial charge on any atom is -0.406 e. The molecule has 4 aromatic rings. The van der Waals surface area contributed by atoms with Gasteiger partial charge in [-0.2, -0.15) is 18.2 Å². The van der Waals surface area contributed by atoms with E-state index in [1.54, 1.807) is 12.3 Å². The van der Waals surface area contributed by atoms with E-state index in [0.29, 0.717) is 5.56 Å². The molecule has 0 aliphatic rings. The number of imidazole rings is 1. The van der Waals surface area contributed by atoms with Crippen LogP contribution >= 0.6 is 0 Å². The zero-order valence-corrected chi connectivity index (χ0v) is 16.8. The molecule has 4 rings (SSSR count). The Labute approximate surface area is 187 Å². The fourth-order valence-corrected chi connectivity index (χ4v) is 3.08. The Balaban J connectivity index is 1.58. The molecule has 7 nitrogen and oxygen atoms in total. The van der Waals surface area contributed by atoms with Gasteiger partial charge in [-0.25, -0.2) is 9.78 Å². The summed E-state index contributed by atoms with van der Waals surface area (Å²) < 4.78 is 80.8. The monoisotopic (exact) mass is 481 g/mol. The largest absolute Gasteiger partial charge is 0.573 e. The van der Waals surface area contributed by atoms with Crippen LogP contribution in [-0.2, 0) is 6.18 Å². The van der Waals surface area contributed by atoms with Gasteiger partial charge < -0.3 is 10.1 Å². The van der Waals surface area contributed by atoms with Crippen molar-refractivity contribution in [1.29, 1.82) is 0 Å². The highest BCUT2D eigenvalue weighted by molar-refractivity contribution is 6.01. The number of hydrogen-bond donors (Lipinski definition) is 2. The quantitative estimate of drug-likeness (QED) is 0.353. The SMILES string of the molecule is O=C(Nc1ccc(OC(F)(F)F)cc1)Nc1nc2ncccn2c1-c1ccc(C(F)(F)F)cc1. The fourth-order valence-electron chi connectivity index (χ4n) is 3.08. The van der Waals surface area contributed by atoms with Crippen LogP contribution in [0.1, 0.15) is 5.56 Å². The van der Waals surface area contributed by atoms with Crippen molar-refractivity contribution in [1.82, 2.24) is 14.4 Å². The number of hydrogen-bond acceptors (Lipinski definition) is 4. The van der Waals surface area contributed by atoms with Crippen LogP contribution in [0.5, 0.6) is 5.75 Å². The number of urea groups is 1. The Morgan fingerprint density at radius 1 is 0.912 bits per heavy atom.